The van der Waals surface area contributed by atoms with Crippen LogP contribution in [-0.2, 0) is 9.59 Å². The SMILES string of the molecule is Nc1ccc(C=C2C(=O)N(c3ccc(C(=O)O)cc3)N=C2C(=O)O)cc1. The first-order valence-electron chi connectivity index (χ1n) is 7.44. The Kier molecular flexibility index (Phi) is 4.24. The van der Waals surface area contributed by atoms with Gasteiger partial charge < -0.3 is 15.9 Å². The number of aliphatic carboxylic acids is 1. The molecule has 130 valence electrons. The number of rotatable bonds is 4. The first-order chi connectivity index (χ1) is 12.4. The van der Waals surface area contributed by atoms with Crippen molar-refractivity contribution < 1.29 is 24.6 Å². The lowest BCUT2D eigenvalue weighted by Crippen LogP contribution is -2.22. The zero-order chi connectivity index (χ0) is 18.8. The average molecular weight is 351 g/mol. The van der Waals surface area contributed by atoms with E-state index in [-0.39, 0.29) is 16.8 Å². The van der Waals surface area contributed by atoms with Gasteiger partial charge >= 0.3 is 11.9 Å². The van der Waals surface area contributed by atoms with Crippen molar-refractivity contribution in [1.82, 2.24) is 0 Å². The molecule has 1 aliphatic heterocycles. The van der Waals surface area contributed by atoms with Crippen molar-refractivity contribution in [2.24, 2.45) is 5.10 Å². The number of nitrogen functional groups attached to an aromatic ring is 1. The molecule has 0 aromatic heterocycles. The second-order valence-electron chi connectivity index (χ2n) is 5.45. The fourth-order valence-electron chi connectivity index (χ4n) is 2.38. The van der Waals surface area contributed by atoms with Crippen LogP contribution in [-0.4, -0.2) is 33.8 Å². The van der Waals surface area contributed by atoms with Crippen LogP contribution in [0.1, 0.15) is 15.9 Å². The maximum absolute atomic E-state index is 12.6. The minimum Gasteiger partial charge on any atom is -0.478 e. The first kappa shape index (κ1) is 16.9. The van der Waals surface area contributed by atoms with E-state index in [0.29, 0.717) is 11.3 Å². The maximum atomic E-state index is 12.6. The van der Waals surface area contributed by atoms with Gasteiger partial charge in [-0.1, -0.05) is 12.1 Å². The molecule has 4 N–H and O–H groups in total. The van der Waals surface area contributed by atoms with Crippen molar-refractivity contribution in [2.45, 2.75) is 0 Å². The van der Waals surface area contributed by atoms with E-state index in [1.165, 1.54) is 30.3 Å². The predicted molar refractivity (Wildman–Crippen MR) is 94.8 cm³/mol. The molecule has 2 aromatic rings. The number of aromatic carboxylic acids is 1. The molecular weight excluding hydrogens is 338 g/mol. The topological polar surface area (TPSA) is 133 Å². The molecule has 26 heavy (non-hydrogen) atoms. The molecular formula is C18H13N3O5. The number of carbonyl (C=O) groups is 3. The average Bonchev–Trinajstić information content (AvgIpc) is 2.94. The van der Waals surface area contributed by atoms with Crippen molar-refractivity contribution in [3.8, 4) is 0 Å². The van der Waals surface area contributed by atoms with Gasteiger partial charge in [0, 0.05) is 5.69 Å². The van der Waals surface area contributed by atoms with E-state index in [1.54, 1.807) is 24.3 Å². The third kappa shape index (κ3) is 3.16. The van der Waals surface area contributed by atoms with Gasteiger partial charge in [-0.2, -0.15) is 10.1 Å². The quantitative estimate of drug-likeness (QED) is 0.568. The van der Waals surface area contributed by atoms with Crippen molar-refractivity contribution >= 4 is 41.0 Å². The molecule has 0 unspecified atom stereocenters. The highest BCUT2D eigenvalue weighted by Crippen LogP contribution is 2.25. The van der Waals surface area contributed by atoms with Crippen LogP contribution < -0.4 is 10.7 Å². The van der Waals surface area contributed by atoms with Crippen LogP contribution in [0.5, 0.6) is 0 Å². The highest BCUT2D eigenvalue weighted by atomic mass is 16.4. The van der Waals surface area contributed by atoms with Crippen molar-refractivity contribution in [3.05, 3.63) is 65.2 Å². The van der Waals surface area contributed by atoms with E-state index in [2.05, 4.69) is 5.10 Å². The molecule has 0 fully saturated rings. The summed E-state index contributed by atoms with van der Waals surface area (Å²) in [7, 11) is 0. The summed E-state index contributed by atoms with van der Waals surface area (Å²) in [4.78, 5) is 35.0. The number of carboxylic acids is 2. The second-order valence-corrected chi connectivity index (χ2v) is 5.45. The summed E-state index contributed by atoms with van der Waals surface area (Å²) in [5.41, 5.74) is 6.58. The molecule has 1 amide bonds. The Labute approximate surface area is 147 Å². The molecule has 1 heterocycles. The smallest absolute Gasteiger partial charge is 0.357 e. The summed E-state index contributed by atoms with van der Waals surface area (Å²) in [6.45, 7) is 0. The molecule has 0 atom stereocenters. The van der Waals surface area contributed by atoms with Crippen LogP contribution in [0.2, 0.25) is 0 Å². The molecule has 0 radical (unpaired) electrons. The van der Waals surface area contributed by atoms with E-state index < -0.39 is 23.6 Å². The van der Waals surface area contributed by atoms with Gasteiger partial charge in [0.15, 0.2) is 5.71 Å². The highest BCUT2D eigenvalue weighted by Gasteiger charge is 2.35. The van der Waals surface area contributed by atoms with Crippen LogP contribution >= 0.6 is 0 Å². The van der Waals surface area contributed by atoms with Gasteiger partial charge in [0.1, 0.15) is 0 Å². The van der Waals surface area contributed by atoms with Gasteiger partial charge in [0.05, 0.1) is 16.8 Å². The number of nitrogens with two attached hydrogens (primary N) is 1. The number of amides is 1. The number of hydrogen-bond donors (Lipinski definition) is 3. The lowest BCUT2D eigenvalue weighted by Gasteiger charge is -2.11. The molecule has 8 heteroatoms. The van der Waals surface area contributed by atoms with Gasteiger partial charge in [-0.3, -0.25) is 4.79 Å². The Morgan fingerprint density at radius 2 is 1.58 bits per heavy atom. The number of benzene rings is 2. The number of nitrogens with zero attached hydrogens (tertiary/aromatic N) is 2. The molecule has 0 saturated heterocycles. The lowest BCUT2D eigenvalue weighted by molar-refractivity contribution is -0.129. The minimum absolute atomic E-state index is 0.0421. The summed E-state index contributed by atoms with van der Waals surface area (Å²) in [6, 6.07) is 12.0. The van der Waals surface area contributed by atoms with Crippen LogP contribution in [0.4, 0.5) is 11.4 Å². The van der Waals surface area contributed by atoms with E-state index in [4.69, 9.17) is 10.8 Å². The van der Waals surface area contributed by atoms with Gasteiger partial charge in [0.25, 0.3) is 5.91 Å². The monoisotopic (exact) mass is 351 g/mol. The molecule has 1 aliphatic rings. The molecule has 2 aromatic carbocycles. The Bertz CT molecular complexity index is 959. The van der Waals surface area contributed by atoms with E-state index in [0.717, 1.165) is 5.01 Å². The summed E-state index contributed by atoms with van der Waals surface area (Å²) in [6.07, 6.45) is 1.42. The fraction of sp³-hybridized carbons (Fsp3) is 0. The normalized spacial score (nSPS) is 15.2. The maximum Gasteiger partial charge on any atom is 0.357 e. The van der Waals surface area contributed by atoms with Gasteiger partial charge in [-0.05, 0) is 48.0 Å². The molecule has 3 rings (SSSR count). The van der Waals surface area contributed by atoms with E-state index in [9.17, 15) is 19.5 Å². The van der Waals surface area contributed by atoms with Crippen LogP contribution in [0.3, 0.4) is 0 Å². The Morgan fingerprint density at radius 3 is 2.12 bits per heavy atom. The number of carbonyl (C=O) groups excluding carboxylic acids is 1. The number of anilines is 2. The Balaban J connectivity index is 1.99. The molecule has 8 nitrogen and oxygen atoms in total. The summed E-state index contributed by atoms with van der Waals surface area (Å²) in [5.74, 6) is -3.07. The standard InChI is InChI=1S/C18H13N3O5/c19-12-5-1-10(2-6-12)9-14-15(18(25)26)20-21(16(14)22)13-7-3-11(4-8-13)17(23)24/h1-9H,19H2,(H,23,24)(H,25,26). The largest absolute Gasteiger partial charge is 0.478 e. The minimum atomic E-state index is -1.34. The molecule has 0 spiro atoms. The summed E-state index contributed by atoms with van der Waals surface area (Å²) >= 11 is 0. The van der Waals surface area contributed by atoms with Crippen LogP contribution in [0, 0.1) is 0 Å². The molecule has 0 aliphatic carbocycles. The number of carboxylic acid groups (broad SMARTS) is 2. The van der Waals surface area contributed by atoms with Crippen molar-refractivity contribution in [3.63, 3.8) is 0 Å². The van der Waals surface area contributed by atoms with Gasteiger partial charge in [-0.15, -0.1) is 0 Å². The number of hydrogen-bond acceptors (Lipinski definition) is 5. The van der Waals surface area contributed by atoms with E-state index in [1.807, 2.05) is 0 Å². The first-order valence-corrected chi connectivity index (χ1v) is 7.44. The summed E-state index contributed by atoms with van der Waals surface area (Å²) < 4.78 is 0. The third-order valence-corrected chi connectivity index (χ3v) is 3.69. The Hall–Kier alpha value is -3.94. The fourth-order valence-corrected chi connectivity index (χ4v) is 2.38. The molecule has 0 bridgehead atoms. The van der Waals surface area contributed by atoms with Gasteiger partial charge in [0.2, 0.25) is 0 Å². The van der Waals surface area contributed by atoms with Crippen LogP contribution in [0.15, 0.2) is 59.2 Å². The van der Waals surface area contributed by atoms with Crippen LogP contribution in [0.25, 0.3) is 6.08 Å². The molecule has 0 saturated carbocycles. The zero-order valence-electron chi connectivity index (χ0n) is 13.3. The van der Waals surface area contributed by atoms with E-state index >= 15 is 0 Å². The van der Waals surface area contributed by atoms with Crippen molar-refractivity contribution in [2.75, 3.05) is 10.7 Å². The number of hydrazone groups is 1. The Morgan fingerprint density at radius 1 is 0.962 bits per heavy atom. The summed E-state index contributed by atoms with van der Waals surface area (Å²) in [5, 5.41) is 23.1. The predicted octanol–water partition coefficient (Wildman–Crippen LogP) is 1.84. The highest BCUT2D eigenvalue weighted by molar-refractivity contribution is 6.53. The van der Waals surface area contributed by atoms with Crippen molar-refractivity contribution in [1.29, 1.82) is 0 Å². The second kappa shape index (κ2) is 6.52. The lowest BCUT2D eigenvalue weighted by atomic mass is 10.1. The zero-order valence-corrected chi connectivity index (χ0v) is 13.3. The third-order valence-electron chi connectivity index (χ3n) is 3.69. The van der Waals surface area contributed by atoms with Gasteiger partial charge in [-0.25, -0.2) is 9.59 Å².